The maximum absolute atomic E-state index is 12.1. The minimum atomic E-state index is -3.34. The first-order valence-corrected chi connectivity index (χ1v) is 10.3. The molecule has 0 radical (unpaired) electrons. The molecule has 0 bridgehead atoms. The van der Waals surface area contributed by atoms with Crippen LogP contribution in [0.25, 0.3) is 0 Å². The monoisotopic (exact) mass is 372 g/mol. The van der Waals surface area contributed by atoms with E-state index in [1.807, 2.05) is 6.92 Å². The average Bonchev–Trinajstić information content (AvgIpc) is 3.19. The van der Waals surface area contributed by atoms with Crippen LogP contribution >= 0.6 is 11.3 Å². The zero-order valence-corrected chi connectivity index (χ0v) is 15.4. The van der Waals surface area contributed by atoms with Gasteiger partial charge in [0.15, 0.2) is 5.82 Å². The van der Waals surface area contributed by atoms with Gasteiger partial charge in [0.05, 0.1) is 17.4 Å². The van der Waals surface area contributed by atoms with Crippen molar-refractivity contribution in [1.82, 2.24) is 19.4 Å². The molecule has 0 saturated carbocycles. The van der Waals surface area contributed by atoms with Crippen LogP contribution in [-0.2, 0) is 21.3 Å². The van der Waals surface area contributed by atoms with Crippen molar-refractivity contribution >= 4 is 21.4 Å². The number of thiazole rings is 1. The molecular formula is C14H20N4O4S2. The Morgan fingerprint density at radius 3 is 2.75 bits per heavy atom. The fourth-order valence-corrected chi connectivity index (χ4v) is 4.37. The van der Waals surface area contributed by atoms with E-state index in [0.29, 0.717) is 24.8 Å². The summed E-state index contributed by atoms with van der Waals surface area (Å²) in [6.07, 6.45) is 3.98. The van der Waals surface area contributed by atoms with E-state index in [0.717, 1.165) is 22.7 Å². The van der Waals surface area contributed by atoms with E-state index in [1.165, 1.54) is 21.9 Å². The van der Waals surface area contributed by atoms with Crippen LogP contribution in [0.15, 0.2) is 10.7 Å². The molecule has 0 aliphatic carbocycles. The van der Waals surface area contributed by atoms with Crippen molar-refractivity contribution in [3.8, 4) is 0 Å². The van der Waals surface area contributed by atoms with Crippen molar-refractivity contribution in [1.29, 1.82) is 0 Å². The molecule has 2 aromatic heterocycles. The Labute approximate surface area is 144 Å². The smallest absolute Gasteiger partial charge is 0.255 e. The minimum absolute atomic E-state index is 0.189. The number of ether oxygens (including phenoxy) is 1. The van der Waals surface area contributed by atoms with Gasteiger partial charge in [-0.05, 0) is 26.7 Å². The summed E-state index contributed by atoms with van der Waals surface area (Å²) >= 11 is 1.50. The second-order valence-electron chi connectivity index (χ2n) is 5.91. The third-order valence-electron chi connectivity index (χ3n) is 3.80. The lowest BCUT2D eigenvalue weighted by atomic mass is 10.2. The molecule has 0 spiro atoms. The van der Waals surface area contributed by atoms with Crippen LogP contribution in [-0.4, -0.2) is 46.8 Å². The molecule has 3 heterocycles. The molecule has 1 fully saturated rings. The Morgan fingerprint density at radius 2 is 2.17 bits per heavy atom. The Hall–Kier alpha value is -1.36. The zero-order chi connectivity index (χ0) is 17.3. The molecule has 10 heteroatoms. The second-order valence-corrected chi connectivity index (χ2v) is 9.21. The molecule has 2 atom stereocenters. The van der Waals surface area contributed by atoms with Crippen molar-refractivity contribution in [2.45, 2.75) is 45.4 Å². The predicted octanol–water partition coefficient (Wildman–Crippen LogP) is 1.82. The minimum Gasteiger partial charge on any atom is -0.364 e. The standard InChI is InChI=1S/C14H20N4O4S2/c1-9-16-14(22-17-9)13-5-4-11(21-13)7-18(24(3,19)20)8-12-6-15-10(2)23-12/h6,11,13H,4-5,7-8H2,1-3H3/t11-,13+/m1/s1. The van der Waals surface area contributed by atoms with Crippen LogP contribution in [0, 0.1) is 13.8 Å². The van der Waals surface area contributed by atoms with Crippen molar-refractivity contribution < 1.29 is 17.7 Å². The van der Waals surface area contributed by atoms with Gasteiger partial charge in [-0.1, -0.05) is 5.16 Å². The lowest BCUT2D eigenvalue weighted by Gasteiger charge is -2.22. The van der Waals surface area contributed by atoms with Crippen molar-refractivity contribution in [2.75, 3.05) is 12.8 Å². The molecule has 2 aromatic rings. The largest absolute Gasteiger partial charge is 0.364 e. The van der Waals surface area contributed by atoms with Crippen LogP contribution in [0.3, 0.4) is 0 Å². The SMILES string of the molecule is Cc1noc([C@@H]2CC[C@H](CN(Cc3cnc(C)s3)S(C)(=O)=O)O2)n1. The fourth-order valence-electron chi connectivity index (χ4n) is 2.66. The van der Waals surface area contributed by atoms with Crippen LogP contribution < -0.4 is 0 Å². The molecule has 0 amide bonds. The molecule has 0 N–H and O–H groups in total. The summed E-state index contributed by atoms with van der Waals surface area (Å²) in [4.78, 5) is 9.28. The van der Waals surface area contributed by atoms with Gasteiger partial charge in [-0.15, -0.1) is 11.3 Å². The van der Waals surface area contributed by atoms with E-state index in [2.05, 4.69) is 15.1 Å². The third kappa shape index (κ3) is 4.18. The highest BCUT2D eigenvalue weighted by molar-refractivity contribution is 7.88. The summed E-state index contributed by atoms with van der Waals surface area (Å²) in [7, 11) is -3.34. The van der Waals surface area contributed by atoms with Crippen molar-refractivity contribution in [3.05, 3.63) is 27.8 Å². The summed E-state index contributed by atoms with van der Waals surface area (Å²) in [6.45, 7) is 4.27. The highest BCUT2D eigenvalue weighted by atomic mass is 32.2. The Kier molecular flexibility index (Phi) is 5.00. The third-order valence-corrected chi connectivity index (χ3v) is 5.92. The molecule has 0 aromatic carbocycles. The van der Waals surface area contributed by atoms with E-state index < -0.39 is 10.0 Å². The van der Waals surface area contributed by atoms with Crippen molar-refractivity contribution in [2.24, 2.45) is 0 Å². The first-order chi connectivity index (χ1) is 11.3. The number of aryl methyl sites for hydroxylation is 2. The molecule has 8 nitrogen and oxygen atoms in total. The van der Waals surface area contributed by atoms with E-state index in [9.17, 15) is 8.42 Å². The van der Waals surface area contributed by atoms with Gasteiger partial charge in [-0.25, -0.2) is 13.4 Å². The number of rotatable bonds is 6. The van der Waals surface area contributed by atoms with E-state index in [4.69, 9.17) is 9.26 Å². The first kappa shape index (κ1) is 17.5. The summed E-state index contributed by atoms with van der Waals surface area (Å²) in [6, 6.07) is 0. The number of nitrogens with zero attached hydrogens (tertiary/aromatic N) is 4. The molecule has 1 aliphatic rings. The lowest BCUT2D eigenvalue weighted by Crippen LogP contribution is -2.36. The number of hydrogen-bond donors (Lipinski definition) is 0. The summed E-state index contributed by atoms with van der Waals surface area (Å²) in [5.41, 5.74) is 0. The van der Waals surface area contributed by atoms with E-state index >= 15 is 0 Å². The molecule has 3 rings (SSSR count). The van der Waals surface area contributed by atoms with Gasteiger partial charge in [0.25, 0.3) is 5.89 Å². The maximum Gasteiger partial charge on any atom is 0.255 e. The van der Waals surface area contributed by atoms with E-state index in [-0.39, 0.29) is 12.2 Å². The number of aromatic nitrogens is 3. The van der Waals surface area contributed by atoms with Gasteiger partial charge in [0.2, 0.25) is 10.0 Å². The van der Waals surface area contributed by atoms with Gasteiger partial charge < -0.3 is 9.26 Å². The number of hydrogen-bond acceptors (Lipinski definition) is 8. The molecule has 24 heavy (non-hydrogen) atoms. The van der Waals surface area contributed by atoms with Gasteiger partial charge in [0, 0.05) is 24.2 Å². The second kappa shape index (κ2) is 6.87. The highest BCUT2D eigenvalue weighted by Crippen LogP contribution is 2.32. The van der Waals surface area contributed by atoms with E-state index in [1.54, 1.807) is 13.1 Å². The quantitative estimate of drug-likeness (QED) is 0.763. The average molecular weight is 372 g/mol. The van der Waals surface area contributed by atoms with Gasteiger partial charge in [-0.2, -0.15) is 9.29 Å². The topological polar surface area (TPSA) is 98.4 Å². The van der Waals surface area contributed by atoms with Gasteiger partial charge >= 0.3 is 0 Å². The Bertz CT molecular complexity index is 801. The highest BCUT2D eigenvalue weighted by Gasteiger charge is 2.33. The number of sulfonamides is 1. The van der Waals surface area contributed by atoms with Gasteiger partial charge in [0.1, 0.15) is 6.10 Å². The Morgan fingerprint density at radius 1 is 1.38 bits per heavy atom. The van der Waals surface area contributed by atoms with Crippen molar-refractivity contribution in [3.63, 3.8) is 0 Å². The zero-order valence-electron chi connectivity index (χ0n) is 13.8. The maximum atomic E-state index is 12.1. The summed E-state index contributed by atoms with van der Waals surface area (Å²) in [5, 5.41) is 4.69. The molecule has 1 aliphatic heterocycles. The van der Waals surface area contributed by atoms with Crippen LogP contribution in [0.2, 0.25) is 0 Å². The molecular weight excluding hydrogens is 352 g/mol. The first-order valence-electron chi connectivity index (χ1n) is 7.63. The van der Waals surface area contributed by atoms with Crippen LogP contribution in [0.4, 0.5) is 0 Å². The summed E-state index contributed by atoms with van der Waals surface area (Å²) < 4.78 is 36.7. The van der Waals surface area contributed by atoms with Gasteiger partial charge in [-0.3, -0.25) is 0 Å². The lowest BCUT2D eigenvalue weighted by molar-refractivity contribution is 0.0173. The summed E-state index contributed by atoms with van der Waals surface area (Å²) in [5.74, 6) is 1.02. The van der Waals surface area contributed by atoms with Crippen LogP contribution in [0.5, 0.6) is 0 Å². The molecule has 0 unspecified atom stereocenters. The molecule has 1 saturated heterocycles. The Balaban J connectivity index is 1.65. The predicted molar refractivity (Wildman–Crippen MR) is 88.0 cm³/mol. The normalized spacial score (nSPS) is 21.7. The molecule has 132 valence electrons. The fraction of sp³-hybridized carbons (Fsp3) is 0.643. The van der Waals surface area contributed by atoms with Crippen LogP contribution in [0.1, 0.15) is 40.5 Å².